The van der Waals surface area contributed by atoms with Gasteiger partial charge in [-0.3, -0.25) is 28.8 Å². The number of esters is 6. The van der Waals surface area contributed by atoms with E-state index < -0.39 is 57.7 Å². The Morgan fingerprint density at radius 1 is 0.413 bits per heavy atom. The molecule has 0 aromatic heterocycles. The maximum atomic E-state index is 12.2. The molecule has 4 N–H and O–H groups in total. The van der Waals surface area contributed by atoms with Crippen LogP contribution in [0.1, 0.15) is 305 Å². The minimum absolute atomic E-state index is 0.0214. The van der Waals surface area contributed by atoms with Gasteiger partial charge in [0.15, 0.2) is 0 Å². The maximum absolute atomic E-state index is 12.2. The van der Waals surface area contributed by atoms with Gasteiger partial charge in [-0.2, -0.15) is 0 Å². The Labute approximate surface area is 628 Å². The summed E-state index contributed by atoms with van der Waals surface area (Å²) in [5.41, 5.74) is 0.559. The predicted octanol–water partition coefficient (Wildman–Crippen LogP) is 19.4. The Morgan fingerprint density at radius 2 is 0.731 bits per heavy atom. The first-order valence-electron chi connectivity index (χ1n) is 38.5. The molecule has 4 saturated carbocycles. The average molecular weight is 1470 g/mol. The summed E-state index contributed by atoms with van der Waals surface area (Å²) in [6.45, 7) is 51.4. The van der Waals surface area contributed by atoms with Crippen LogP contribution in [0.2, 0.25) is 0 Å². The third-order valence-electron chi connectivity index (χ3n) is 21.4. The third kappa shape index (κ3) is 38.2. The highest BCUT2D eigenvalue weighted by Crippen LogP contribution is 2.59. The van der Waals surface area contributed by atoms with Gasteiger partial charge in [0.25, 0.3) is 0 Å². The van der Waals surface area contributed by atoms with E-state index in [1.807, 2.05) is 62.3 Å². The number of ether oxygens (including phenoxy) is 6. The molecule has 2 aromatic rings. The molecule has 18 nitrogen and oxygen atoms in total. The van der Waals surface area contributed by atoms with Crippen molar-refractivity contribution in [2.75, 3.05) is 26.4 Å². The fourth-order valence-electron chi connectivity index (χ4n) is 10.3. The number of fused-ring (bicyclic) bond motifs is 5. The molecule has 0 heterocycles. The van der Waals surface area contributed by atoms with E-state index in [4.69, 9.17) is 38.6 Å². The number of carbonyl (C=O) groups is 8. The van der Waals surface area contributed by atoms with E-state index in [1.165, 1.54) is 82.8 Å². The molecule has 0 amide bonds. The monoisotopic (exact) mass is 1470 g/mol. The van der Waals surface area contributed by atoms with E-state index in [9.17, 15) is 48.6 Å². The fourth-order valence-corrected chi connectivity index (χ4v) is 10.3. The molecule has 9 unspecified atom stereocenters. The van der Waals surface area contributed by atoms with Gasteiger partial charge in [-0.1, -0.05) is 156 Å². The molecular weight excluding hydrogens is 1320 g/mol. The van der Waals surface area contributed by atoms with Crippen LogP contribution in [0.15, 0.2) is 85.0 Å². The Bertz CT molecular complexity index is 2710. The molecule has 18 heteroatoms. The lowest BCUT2D eigenvalue weighted by atomic mass is 9.80. The lowest BCUT2D eigenvalue weighted by Gasteiger charge is -2.33. The molecule has 0 saturated heterocycles. The summed E-state index contributed by atoms with van der Waals surface area (Å²) in [6.07, 6.45) is 17.8. The maximum Gasteiger partial charge on any atom is 0.333 e. The molecule has 596 valence electrons. The van der Waals surface area contributed by atoms with Crippen molar-refractivity contribution in [1.82, 2.24) is 0 Å². The van der Waals surface area contributed by atoms with Gasteiger partial charge in [-0.15, -0.1) is 0 Å². The normalized spacial score (nSPS) is 18.5. The van der Waals surface area contributed by atoms with E-state index in [2.05, 4.69) is 108 Å². The molecule has 4 fully saturated rings. The third-order valence-corrected chi connectivity index (χ3v) is 21.4. The number of aliphatic hydroxyl groups excluding tert-OH is 2. The number of carbonyl (C=O) groups excluding carboxylic acids is 6. The zero-order chi connectivity index (χ0) is 80.6. The van der Waals surface area contributed by atoms with Crippen LogP contribution in [-0.4, -0.2) is 119 Å². The number of rotatable bonds is 28. The van der Waals surface area contributed by atoms with E-state index >= 15 is 0 Å². The summed E-state index contributed by atoms with van der Waals surface area (Å²) in [5.74, 6) is 1.49. The van der Waals surface area contributed by atoms with Crippen molar-refractivity contribution in [1.29, 1.82) is 0 Å². The second kappa shape index (κ2) is 49.5. The zero-order valence-corrected chi connectivity index (χ0v) is 69.0. The van der Waals surface area contributed by atoms with Crippen molar-refractivity contribution < 1.29 is 87.2 Å². The second-order valence-electron chi connectivity index (χ2n) is 32.5. The molecule has 4 aliphatic carbocycles. The summed E-state index contributed by atoms with van der Waals surface area (Å²) < 4.78 is 30.7. The lowest BCUT2D eigenvalue weighted by molar-refractivity contribution is -0.164. The molecule has 6 rings (SSSR count). The molecule has 2 bridgehead atoms. The molecule has 0 radical (unpaired) electrons. The Hall–Kier alpha value is -6.40. The number of carboxylic acid groups (broad SMARTS) is 2. The largest absolute Gasteiger partial charge is 0.481 e. The van der Waals surface area contributed by atoms with Crippen LogP contribution in [0, 0.1) is 56.2 Å². The highest BCUT2D eigenvalue weighted by Gasteiger charge is 2.55. The summed E-state index contributed by atoms with van der Waals surface area (Å²) in [5, 5.41) is 35.8. The van der Waals surface area contributed by atoms with Crippen LogP contribution in [-0.2, 0) is 66.8 Å². The molecule has 4 aliphatic rings. The van der Waals surface area contributed by atoms with Crippen molar-refractivity contribution >= 4 is 47.8 Å². The van der Waals surface area contributed by atoms with Gasteiger partial charge < -0.3 is 48.8 Å². The Kier molecular flexibility index (Phi) is 47.4. The minimum Gasteiger partial charge on any atom is -0.481 e. The average Bonchev–Trinajstić information content (AvgIpc) is 1.60. The second-order valence-corrected chi connectivity index (χ2v) is 32.5. The number of aliphatic hydroxyl groups is 2. The van der Waals surface area contributed by atoms with E-state index in [-0.39, 0.29) is 84.5 Å². The Balaban J connectivity index is 0. The number of aliphatic carboxylic acids is 2. The van der Waals surface area contributed by atoms with Crippen molar-refractivity contribution in [2.24, 2.45) is 56.2 Å². The van der Waals surface area contributed by atoms with Crippen molar-refractivity contribution in [3.63, 3.8) is 0 Å². The van der Waals surface area contributed by atoms with Crippen LogP contribution in [0.5, 0.6) is 0 Å². The molecular formula is C86H144O18. The number of hydrogen-bond acceptors (Lipinski definition) is 16. The number of benzene rings is 2. The Morgan fingerprint density at radius 3 is 1.04 bits per heavy atom. The fraction of sp³-hybridized carbons (Fsp3) is 0.721. The predicted molar refractivity (Wildman–Crippen MR) is 415 cm³/mol. The first-order valence-corrected chi connectivity index (χ1v) is 38.5. The van der Waals surface area contributed by atoms with Gasteiger partial charge in [0.2, 0.25) is 0 Å². The van der Waals surface area contributed by atoms with Crippen LogP contribution >= 0.6 is 0 Å². The van der Waals surface area contributed by atoms with E-state index in [0.29, 0.717) is 43.4 Å². The van der Waals surface area contributed by atoms with Gasteiger partial charge in [-0.25, -0.2) is 9.59 Å². The lowest BCUT2D eigenvalue weighted by Crippen LogP contribution is -2.36. The summed E-state index contributed by atoms with van der Waals surface area (Å²) >= 11 is 0. The van der Waals surface area contributed by atoms with Gasteiger partial charge in [0, 0.05) is 11.1 Å². The quantitative estimate of drug-likeness (QED) is 0.0350. The minimum atomic E-state index is -1.02. The summed E-state index contributed by atoms with van der Waals surface area (Å²) in [4.78, 5) is 89.7. The molecule has 9 atom stereocenters. The highest BCUT2D eigenvalue weighted by atomic mass is 16.6. The van der Waals surface area contributed by atoms with Crippen LogP contribution in [0.3, 0.4) is 0 Å². The molecule has 0 spiro atoms. The first-order chi connectivity index (χ1) is 48.2. The number of carboxylic acids is 2. The van der Waals surface area contributed by atoms with Crippen molar-refractivity contribution in [3.8, 4) is 0 Å². The van der Waals surface area contributed by atoms with Gasteiger partial charge in [0.1, 0.15) is 50.8 Å². The van der Waals surface area contributed by atoms with Gasteiger partial charge in [-0.05, 0) is 246 Å². The number of hydrogen-bond donors (Lipinski definition) is 4. The zero-order valence-electron chi connectivity index (χ0n) is 69.0. The van der Waals surface area contributed by atoms with Crippen molar-refractivity contribution in [2.45, 2.75) is 318 Å². The van der Waals surface area contributed by atoms with Crippen LogP contribution < -0.4 is 0 Å². The first kappa shape index (κ1) is 99.7. The molecule has 2 aromatic carbocycles. The highest BCUT2D eigenvalue weighted by molar-refractivity contribution is 5.87. The SMILES string of the molecule is C=C(C)C(=O)OCC(O)COC(=O)C(C)(C)CC.C=C(C)C(=O)OCC(O)COC(=O)C(C)(C)CC.CCC(C)(C)C(=O)O.CCC(C)(C)C(=O)O.CCC(C)(C)C(=O)OC1CC2CC1C1CCCC21.CCC(C)(C)C(=O)OC1CCCCC1.CCC(C)c1ccccc1.CCC(C)c1ccccc1. The summed E-state index contributed by atoms with van der Waals surface area (Å²) in [6, 6.07) is 21.3. The van der Waals surface area contributed by atoms with Gasteiger partial charge in [0.05, 0.1) is 32.5 Å². The van der Waals surface area contributed by atoms with Crippen LogP contribution in [0.4, 0.5) is 0 Å². The van der Waals surface area contributed by atoms with E-state index in [0.717, 1.165) is 49.9 Å². The van der Waals surface area contributed by atoms with Crippen molar-refractivity contribution in [3.05, 3.63) is 96.1 Å². The standard InChI is InChI=1S/C16H26O2.2C13H22O5.C12H22O2.2C10H14.2C6H12O2/c1-4-16(2,3)15(17)18-14-9-10-8-13(14)12-7-5-6-11(10)12;2*1-6-13(4,5)12(16)18-8-10(14)7-17-11(15)9(2)3;1-4-12(2,3)11(13)14-10-8-6-5-7-9-10;2*1-3-9(2)10-7-5-4-6-8-10;2*1-4-6(2,3)5(7)8/h10-14H,4-9H2,1-3H3;2*10,14H,2,6-8H2,1,3-5H3;10H,4-9H2,1-3H3;2*4-9H,3H2,1-2H3;2*4H2,1-3H3,(H,7,8). The molecule has 0 aliphatic heterocycles. The van der Waals surface area contributed by atoms with E-state index in [1.54, 1.807) is 55.4 Å². The topological polar surface area (TPSA) is 273 Å². The smallest absolute Gasteiger partial charge is 0.333 e. The van der Waals surface area contributed by atoms with Gasteiger partial charge >= 0.3 is 47.8 Å². The molecule has 104 heavy (non-hydrogen) atoms. The summed E-state index contributed by atoms with van der Waals surface area (Å²) in [7, 11) is 0. The van der Waals surface area contributed by atoms with Crippen LogP contribution in [0.25, 0.3) is 0 Å².